The summed E-state index contributed by atoms with van der Waals surface area (Å²) in [7, 11) is 0. The number of thioether (sulfide) groups is 1. The molecule has 9 heteroatoms. The minimum atomic E-state index is 0.0772. The van der Waals surface area contributed by atoms with Gasteiger partial charge < -0.3 is 14.7 Å². The van der Waals surface area contributed by atoms with Gasteiger partial charge in [-0.2, -0.15) is 0 Å². The van der Waals surface area contributed by atoms with Crippen LogP contribution in [0.25, 0.3) is 0 Å². The average Bonchev–Trinajstić information content (AvgIpc) is 2.76. The molecular formula is C22H26ClN5O2S. The Balaban J connectivity index is 1.38. The average molecular weight is 460 g/mol. The van der Waals surface area contributed by atoms with Gasteiger partial charge in [0.2, 0.25) is 11.8 Å². The highest BCUT2D eigenvalue weighted by molar-refractivity contribution is 7.99. The largest absolute Gasteiger partial charge is 0.353 e. The van der Waals surface area contributed by atoms with Gasteiger partial charge in [0.05, 0.1) is 5.75 Å². The van der Waals surface area contributed by atoms with E-state index in [9.17, 15) is 9.59 Å². The molecule has 4 rings (SSSR count). The Morgan fingerprint density at radius 1 is 1.16 bits per heavy atom. The molecule has 2 aliphatic rings. The van der Waals surface area contributed by atoms with Gasteiger partial charge in [0, 0.05) is 51.8 Å². The molecule has 2 aromatic rings. The van der Waals surface area contributed by atoms with E-state index in [0.29, 0.717) is 36.5 Å². The molecule has 0 bridgehead atoms. The van der Waals surface area contributed by atoms with E-state index >= 15 is 0 Å². The van der Waals surface area contributed by atoms with Crippen LogP contribution in [0.4, 0.5) is 5.82 Å². The van der Waals surface area contributed by atoms with Crippen molar-refractivity contribution in [2.45, 2.75) is 38.0 Å². The zero-order chi connectivity index (χ0) is 22.0. The molecule has 0 N–H and O–H groups in total. The summed E-state index contributed by atoms with van der Waals surface area (Å²) in [6.45, 7) is 7.03. The SMILES string of the molecule is CC(=O)N1CCN(c2cc(Cl)nc(SCC(=O)N3CCc4ccccc4C3)n2)CC1C. The van der Waals surface area contributed by atoms with Crippen LogP contribution in [0.3, 0.4) is 0 Å². The molecule has 1 saturated heterocycles. The van der Waals surface area contributed by atoms with Crippen molar-refractivity contribution in [3.63, 3.8) is 0 Å². The Hall–Kier alpha value is -2.32. The van der Waals surface area contributed by atoms with Crippen LogP contribution in [-0.4, -0.2) is 69.6 Å². The van der Waals surface area contributed by atoms with E-state index in [0.717, 1.165) is 18.8 Å². The van der Waals surface area contributed by atoms with Crippen molar-refractivity contribution in [2.24, 2.45) is 0 Å². The predicted molar refractivity (Wildman–Crippen MR) is 122 cm³/mol. The van der Waals surface area contributed by atoms with Gasteiger partial charge >= 0.3 is 0 Å². The number of amides is 2. The van der Waals surface area contributed by atoms with Gasteiger partial charge in [0.15, 0.2) is 5.16 Å². The van der Waals surface area contributed by atoms with Crippen molar-refractivity contribution in [3.05, 3.63) is 46.6 Å². The zero-order valence-electron chi connectivity index (χ0n) is 17.8. The van der Waals surface area contributed by atoms with E-state index < -0.39 is 0 Å². The van der Waals surface area contributed by atoms with Crippen LogP contribution in [0.15, 0.2) is 35.5 Å². The normalized spacial score (nSPS) is 18.7. The quantitative estimate of drug-likeness (QED) is 0.398. The van der Waals surface area contributed by atoms with Crippen molar-refractivity contribution in [3.8, 4) is 0 Å². The molecule has 31 heavy (non-hydrogen) atoms. The molecule has 1 fully saturated rings. The van der Waals surface area contributed by atoms with Crippen molar-refractivity contribution >= 4 is 41.0 Å². The molecule has 0 saturated carbocycles. The van der Waals surface area contributed by atoms with Crippen LogP contribution >= 0.6 is 23.4 Å². The fourth-order valence-corrected chi connectivity index (χ4v) is 5.16. The monoisotopic (exact) mass is 459 g/mol. The number of nitrogens with zero attached hydrogens (tertiary/aromatic N) is 5. The van der Waals surface area contributed by atoms with Gasteiger partial charge in [-0.3, -0.25) is 9.59 Å². The van der Waals surface area contributed by atoms with E-state index in [4.69, 9.17) is 11.6 Å². The Labute approximate surface area is 191 Å². The molecule has 0 radical (unpaired) electrons. The Bertz CT molecular complexity index is 988. The highest BCUT2D eigenvalue weighted by Crippen LogP contribution is 2.25. The number of anilines is 1. The molecule has 0 spiro atoms. The van der Waals surface area contributed by atoms with Gasteiger partial charge in [0.25, 0.3) is 0 Å². The molecule has 1 aromatic heterocycles. The third-order valence-electron chi connectivity index (χ3n) is 5.82. The Kier molecular flexibility index (Phi) is 6.67. The topological polar surface area (TPSA) is 69.6 Å². The number of rotatable bonds is 4. The summed E-state index contributed by atoms with van der Waals surface area (Å²) in [6, 6.07) is 10.1. The van der Waals surface area contributed by atoms with Crippen LogP contribution in [0.1, 0.15) is 25.0 Å². The maximum Gasteiger partial charge on any atom is 0.233 e. The van der Waals surface area contributed by atoms with Crippen LogP contribution < -0.4 is 4.90 Å². The summed E-state index contributed by atoms with van der Waals surface area (Å²) in [5.74, 6) is 1.17. The number of piperazine rings is 1. The highest BCUT2D eigenvalue weighted by Gasteiger charge is 2.27. The van der Waals surface area contributed by atoms with Crippen LogP contribution in [0.5, 0.6) is 0 Å². The molecule has 7 nitrogen and oxygen atoms in total. The fraction of sp³-hybridized carbons (Fsp3) is 0.455. The van der Waals surface area contributed by atoms with Gasteiger partial charge in [0.1, 0.15) is 11.0 Å². The van der Waals surface area contributed by atoms with Crippen molar-refractivity contribution < 1.29 is 9.59 Å². The number of carbonyl (C=O) groups is 2. The van der Waals surface area contributed by atoms with E-state index in [1.165, 1.54) is 22.9 Å². The molecule has 1 atom stereocenters. The van der Waals surface area contributed by atoms with Gasteiger partial charge in [-0.25, -0.2) is 9.97 Å². The van der Waals surface area contributed by atoms with Gasteiger partial charge in [-0.15, -0.1) is 0 Å². The first kappa shape index (κ1) is 21.9. The highest BCUT2D eigenvalue weighted by atomic mass is 35.5. The first-order valence-electron chi connectivity index (χ1n) is 10.4. The van der Waals surface area contributed by atoms with Crippen LogP contribution in [-0.2, 0) is 22.6 Å². The number of carbonyl (C=O) groups excluding carboxylic acids is 2. The summed E-state index contributed by atoms with van der Waals surface area (Å²) in [5.41, 5.74) is 2.54. The third-order valence-corrected chi connectivity index (χ3v) is 6.85. The number of hydrogen-bond donors (Lipinski definition) is 0. The summed E-state index contributed by atoms with van der Waals surface area (Å²) in [5, 5.41) is 0.850. The zero-order valence-corrected chi connectivity index (χ0v) is 19.3. The first-order valence-corrected chi connectivity index (χ1v) is 11.8. The summed E-state index contributed by atoms with van der Waals surface area (Å²) < 4.78 is 0. The molecule has 2 aliphatic heterocycles. The van der Waals surface area contributed by atoms with Gasteiger partial charge in [-0.05, 0) is 24.5 Å². The molecule has 0 aliphatic carbocycles. The lowest BCUT2D eigenvalue weighted by Crippen LogP contribution is -2.53. The molecule has 2 amide bonds. The predicted octanol–water partition coefficient (Wildman–Crippen LogP) is 2.86. The second kappa shape index (κ2) is 9.44. The van der Waals surface area contributed by atoms with Crippen LogP contribution in [0.2, 0.25) is 5.15 Å². The van der Waals surface area contributed by atoms with Crippen molar-refractivity contribution in [1.29, 1.82) is 0 Å². The van der Waals surface area contributed by atoms with Crippen molar-refractivity contribution in [1.82, 2.24) is 19.8 Å². The second-order valence-electron chi connectivity index (χ2n) is 7.96. The number of fused-ring (bicyclic) bond motifs is 1. The number of halogens is 1. The van der Waals surface area contributed by atoms with E-state index in [-0.39, 0.29) is 23.6 Å². The lowest BCUT2D eigenvalue weighted by molar-refractivity contribution is -0.131. The standard InChI is InChI=1S/C22H26ClN5O2S/c1-15-12-26(9-10-28(15)16(2)29)20-11-19(23)24-22(25-20)31-14-21(30)27-8-7-17-5-3-4-6-18(17)13-27/h3-6,11,15H,7-10,12-14H2,1-2H3. The molecule has 164 valence electrons. The smallest absolute Gasteiger partial charge is 0.233 e. The summed E-state index contributed by atoms with van der Waals surface area (Å²) in [4.78, 5) is 39.3. The van der Waals surface area contributed by atoms with E-state index in [1.807, 2.05) is 28.9 Å². The maximum absolute atomic E-state index is 12.8. The molecule has 1 unspecified atom stereocenters. The summed E-state index contributed by atoms with van der Waals surface area (Å²) >= 11 is 7.57. The lowest BCUT2D eigenvalue weighted by Gasteiger charge is -2.40. The maximum atomic E-state index is 12.8. The van der Waals surface area contributed by atoms with E-state index in [1.54, 1.807) is 13.0 Å². The molecule has 1 aromatic carbocycles. The minimum absolute atomic E-state index is 0.0772. The van der Waals surface area contributed by atoms with Crippen molar-refractivity contribution in [2.75, 3.05) is 36.8 Å². The lowest BCUT2D eigenvalue weighted by atomic mass is 10.00. The van der Waals surface area contributed by atoms with Gasteiger partial charge in [-0.1, -0.05) is 47.6 Å². The molecular weight excluding hydrogens is 434 g/mol. The Morgan fingerprint density at radius 2 is 1.94 bits per heavy atom. The van der Waals surface area contributed by atoms with E-state index in [2.05, 4.69) is 27.0 Å². The Morgan fingerprint density at radius 3 is 2.68 bits per heavy atom. The molecule has 3 heterocycles. The third kappa shape index (κ3) is 5.13. The van der Waals surface area contributed by atoms with Crippen LogP contribution in [0, 0.1) is 0 Å². The minimum Gasteiger partial charge on any atom is -0.353 e. The number of hydrogen-bond acceptors (Lipinski definition) is 6. The number of aromatic nitrogens is 2. The fourth-order valence-electron chi connectivity index (χ4n) is 4.17. The second-order valence-corrected chi connectivity index (χ2v) is 9.29. The summed E-state index contributed by atoms with van der Waals surface area (Å²) in [6.07, 6.45) is 0.884. The number of benzene rings is 1. The first-order chi connectivity index (χ1) is 14.9.